The molecule has 1 saturated carbocycles. The lowest BCUT2D eigenvalue weighted by Crippen LogP contribution is -2.37. The lowest BCUT2D eigenvalue weighted by Gasteiger charge is -2.31. The standard InChI is InChI=1S/C27H32F2N4O2S/c1-27(28,29)18-35-26-32-23-17-33(15-13-24(23)36-26)14-12-19-6-9-22(10-7-19)31-25(34)11-8-20-4-2-3-5-21(20)16-30/h2-5,8,11,19,22H,6-7,9-10,12-15,17-18H2,1H3,(H,31,34)/b11-8+. The molecular formula is C27H32F2N4O2S. The van der Waals surface area contributed by atoms with Crippen molar-refractivity contribution in [2.75, 3.05) is 19.7 Å². The minimum Gasteiger partial charge on any atom is -0.464 e. The van der Waals surface area contributed by atoms with E-state index in [1.54, 1.807) is 18.2 Å². The monoisotopic (exact) mass is 514 g/mol. The third-order valence-corrected chi connectivity index (χ3v) is 7.85. The summed E-state index contributed by atoms with van der Waals surface area (Å²) < 4.78 is 31.3. The molecule has 0 radical (unpaired) electrons. The first-order valence-corrected chi connectivity index (χ1v) is 13.3. The molecule has 1 aromatic heterocycles. The van der Waals surface area contributed by atoms with Gasteiger partial charge in [-0.1, -0.05) is 29.5 Å². The highest BCUT2D eigenvalue weighted by Gasteiger charge is 2.27. The molecule has 0 unspecified atom stereocenters. The van der Waals surface area contributed by atoms with Crippen molar-refractivity contribution in [3.8, 4) is 11.3 Å². The zero-order valence-electron chi connectivity index (χ0n) is 20.5. The van der Waals surface area contributed by atoms with E-state index in [-0.39, 0.29) is 11.9 Å². The van der Waals surface area contributed by atoms with Crippen LogP contribution in [-0.4, -0.2) is 47.5 Å². The minimum atomic E-state index is -2.86. The fourth-order valence-corrected chi connectivity index (χ4v) is 5.70. The molecule has 2 aromatic rings. The van der Waals surface area contributed by atoms with Gasteiger partial charge in [0.1, 0.15) is 0 Å². The van der Waals surface area contributed by atoms with Crippen LogP contribution in [-0.2, 0) is 17.8 Å². The average Bonchev–Trinajstić information content (AvgIpc) is 3.28. The van der Waals surface area contributed by atoms with Crippen LogP contribution in [0.1, 0.15) is 60.7 Å². The Morgan fingerprint density at radius 1 is 1.33 bits per heavy atom. The average molecular weight is 515 g/mol. The molecule has 0 spiro atoms. The predicted molar refractivity (Wildman–Crippen MR) is 136 cm³/mol. The van der Waals surface area contributed by atoms with E-state index in [9.17, 15) is 13.6 Å². The van der Waals surface area contributed by atoms with Crippen molar-refractivity contribution in [1.29, 1.82) is 5.26 Å². The highest BCUT2D eigenvalue weighted by molar-refractivity contribution is 7.13. The number of nitriles is 1. The second kappa shape index (κ2) is 11.9. The van der Waals surface area contributed by atoms with Crippen LogP contribution in [0.3, 0.4) is 0 Å². The zero-order valence-corrected chi connectivity index (χ0v) is 21.3. The summed E-state index contributed by atoms with van der Waals surface area (Å²) in [4.78, 5) is 20.3. The summed E-state index contributed by atoms with van der Waals surface area (Å²) in [6, 6.07) is 9.54. The maximum Gasteiger partial charge on any atom is 0.278 e. The molecular weight excluding hydrogens is 482 g/mol. The van der Waals surface area contributed by atoms with Gasteiger partial charge >= 0.3 is 0 Å². The summed E-state index contributed by atoms with van der Waals surface area (Å²) in [5.74, 6) is -2.34. The van der Waals surface area contributed by atoms with Gasteiger partial charge in [0.25, 0.3) is 11.1 Å². The summed E-state index contributed by atoms with van der Waals surface area (Å²) in [6.45, 7) is 2.88. The van der Waals surface area contributed by atoms with Crippen molar-refractivity contribution in [3.63, 3.8) is 0 Å². The molecule has 4 rings (SSSR count). The van der Waals surface area contributed by atoms with Crippen molar-refractivity contribution in [2.45, 2.75) is 64.0 Å². The van der Waals surface area contributed by atoms with E-state index < -0.39 is 12.5 Å². The van der Waals surface area contributed by atoms with Crippen LogP contribution in [0, 0.1) is 17.2 Å². The SMILES string of the molecule is CC(F)(F)COc1nc2c(s1)CCN(CCC1CCC(NC(=O)/C=C/c3ccccc3C#N)CC1)C2. The molecule has 2 aliphatic rings. The summed E-state index contributed by atoms with van der Waals surface area (Å²) >= 11 is 1.39. The number of thiazole rings is 1. The Kier molecular flexibility index (Phi) is 8.70. The maximum atomic E-state index is 13.1. The number of amides is 1. The number of rotatable bonds is 9. The molecule has 1 aliphatic heterocycles. The number of hydrogen-bond acceptors (Lipinski definition) is 6. The Labute approximate surface area is 215 Å². The lowest BCUT2D eigenvalue weighted by atomic mass is 9.84. The molecule has 1 aliphatic carbocycles. The lowest BCUT2D eigenvalue weighted by molar-refractivity contribution is -0.117. The van der Waals surface area contributed by atoms with Gasteiger partial charge in [-0.05, 0) is 68.7 Å². The topological polar surface area (TPSA) is 78.2 Å². The Hall–Kier alpha value is -2.83. The summed E-state index contributed by atoms with van der Waals surface area (Å²) in [7, 11) is 0. The first-order chi connectivity index (χ1) is 17.3. The third-order valence-electron chi connectivity index (χ3n) is 6.78. The number of carbonyl (C=O) groups is 1. The van der Waals surface area contributed by atoms with Crippen molar-refractivity contribution in [1.82, 2.24) is 15.2 Å². The van der Waals surface area contributed by atoms with E-state index in [0.717, 1.165) is 81.2 Å². The highest BCUT2D eigenvalue weighted by atomic mass is 32.1. The van der Waals surface area contributed by atoms with Gasteiger partial charge in [0, 0.05) is 37.0 Å². The van der Waals surface area contributed by atoms with E-state index in [0.29, 0.717) is 16.7 Å². The smallest absolute Gasteiger partial charge is 0.278 e. The highest BCUT2D eigenvalue weighted by Crippen LogP contribution is 2.32. The molecule has 0 atom stereocenters. The molecule has 36 heavy (non-hydrogen) atoms. The van der Waals surface area contributed by atoms with E-state index in [1.165, 1.54) is 17.4 Å². The van der Waals surface area contributed by atoms with Crippen LogP contribution in [0.5, 0.6) is 5.19 Å². The fourth-order valence-electron chi connectivity index (χ4n) is 4.79. The Morgan fingerprint density at radius 3 is 2.86 bits per heavy atom. The molecule has 1 N–H and O–H groups in total. The largest absolute Gasteiger partial charge is 0.464 e. The van der Waals surface area contributed by atoms with Crippen molar-refractivity contribution in [3.05, 3.63) is 52.0 Å². The number of halogens is 2. The normalized spacial score (nSPS) is 20.6. The van der Waals surface area contributed by atoms with Gasteiger partial charge < -0.3 is 10.1 Å². The zero-order chi connectivity index (χ0) is 25.5. The summed E-state index contributed by atoms with van der Waals surface area (Å²) in [6.07, 6.45) is 9.31. The molecule has 0 bridgehead atoms. The number of nitrogens with one attached hydrogen (secondary N) is 1. The van der Waals surface area contributed by atoms with E-state index in [2.05, 4.69) is 21.3 Å². The minimum absolute atomic E-state index is 0.121. The second-order valence-corrected chi connectivity index (χ2v) is 10.8. The molecule has 1 amide bonds. The molecule has 9 heteroatoms. The van der Waals surface area contributed by atoms with Gasteiger partial charge in [-0.2, -0.15) is 5.26 Å². The number of hydrogen-bond donors (Lipinski definition) is 1. The van der Waals surface area contributed by atoms with E-state index in [4.69, 9.17) is 10.00 Å². The first-order valence-electron chi connectivity index (χ1n) is 12.5. The summed E-state index contributed by atoms with van der Waals surface area (Å²) in [5, 5.41) is 12.6. The van der Waals surface area contributed by atoms with Crippen molar-refractivity contribution in [2.24, 2.45) is 5.92 Å². The Balaban J connectivity index is 1.16. The van der Waals surface area contributed by atoms with Crippen molar-refractivity contribution < 1.29 is 18.3 Å². The van der Waals surface area contributed by atoms with Gasteiger partial charge in [-0.15, -0.1) is 0 Å². The third kappa shape index (κ3) is 7.58. The van der Waals surface area contributed by atoms with Gasteiger partial charge in [0.05, 0.1) is 17.3 Å². The number of carbonyl (C=O) groups excluding carboxylic acids is 1. The Morgan fingerprint density at radius 2 is 2.11 bits per heavy atom. The van der Waals surface area contributed by atoms with E-state index >= 15 is 0 Å². The quantitative estimate of drug-likeness (QED) is 0.466. The van der Waals surface area contributed by atoms with E-state index in [1.807, 2.05) is 12.1 Å². The fraction of sp³-hybridized carbons (Fsp3) is 0.519. The number of alkyl halides is 2. The maximum absolute atomic E-state index is 13.1. The first kappa shape index (κ1) is 26.2. The molecule has 0 saturated heterocycles. The van der Waals surface area contributed by atoms with Gasteiger partial charge in [-0.25, -0.2) is 13.8 Å². The van der Waals surface area contributed by atoms with Crippen LogP contribution in [0.2, 0.25) is 0 Å². The second-order valence-electron chi connectivity index (χ2n) is 9.78. The van der Waals surface area contributed by atoms with Gasteiger partial charge in [0.15, 0.2) is 6.61 Å². The van der Waals surface area contributed by atoms with Crippen LogP contribution < -0.4 is 10.1 Å². The Bertz CT molecular complexity index is 1110. The number of aromatic nitrogens is 1. The van der Waals surface area contributed by atoms with Gasteiger partial charge in [-0.3, -0.25) is 9.69 Å². The van der Waals surface area contributed by atoms with Crippen LogP contribution >= 0.6 is 11.3 Å². The number of fused-ring (bicyclic) bond motifs is 1. The van der Waals surface area contributed by atoms with Crippen molar-refractivity contribution >= 4 is 23.3 Å². The van der Waals surface area contributed by atoms with Crippen LogP contribution in [0.25, 0.3) is 6.08 Å². The summed E-state index contributed by atoms with van der Waals surface area (Å²) in [5.41, 5.74) is 2.25. The number of ether oxygens (including phenoxy) is 1. The molecule has 192 valence electrons. The molecule has 1 aromatic carbocycles. The predicted octanol–water partition coefficient (Wildman–Crippen LogP) is 5.19. The molecule has 6 nitrogen and oxygen atoms in total. The molecule has 1 fully saturated rings. The number of benzene rings is 1. The van der Waals surface area contributed by atoms with Crippen LogP contribution in [0.4, 0.5) is 8.78 Å². The number of nitrogens with zero attached hydrogens (tertiary/aromatic N) is 3. The van der Waals surface area contributed by atoms with Crippen LogP contribution in [0.15, 0.2) is 30.3 Å². The van der Waals surface area contributed by atoms with Gasteiger partial charge in [0.2, 0.25) is 5.91 Å². The molecule has 2 heterocycles.